The molecule has 0 atom stereocenters. The van der Waals surface area contributed by atoms with Gasteiger partial charge < -0.3 is 10.1 Å². The average molecular weight is 249 g/mol. The molecular weight excluding hydrogens is 226 g/mol. The van der Waals surface area contributed by atoms with Gasteiger partial charge in [-0.1, -0.05) is 38.1 Å². The Labute approximate surface area is 110 Å². The van der Waals surface area contributed by atoms with Gasteiger partial charge in [-0.15, -0.1) is 0 Å². The van der Waals surface area contributed by atoms with Crippen LogP contribution in [0.15, 0.2) is 24.3 Å². The Kier molecular flexibility index (Phi) is 6.44. The summed E-state index contributed by atoms with van der Waals surface area (Å²) in [4.78, 5) is 11.3. The van der Waals surface area contributed by atoms with E-state index >= 15 is 0 Å². The van der Waals surface area contributed by atoms with E-state index in [1.54, 1.807) is 0 Å². The number of rotatable bonds is 7. The summed E-state index contributed by atoms with van der Waals surface area (Å²) >= 11 is 0. The second-order valence-corrected chi connectivity index (χ2v) is 4.92. The van der Waals surface area contributed by atoms with Crippen molar-refractivity contribution in [3.05, 3.63) is 35.4 Å². The van der Waals surface area contributed by atoms with Crippen molar-refractivity contribution in [2.24, 2.45) is 5.92 Å². The van der Waals surface area contributed by atoms with E-state index in [1.807, 2.05) is 26.0 Å². The molecule has 1 rings (SSSR count). The van der Waals surface area contributed by atoms with E-state index in [0.29, 0.717) is 25.5 Å². The number of hydrogen-bond donors (Lipinski definition) is 1. The fourth-order valence-corrected chi connectivity index (χ4v) is 1.66. The van der Waals surface area contributed by atoms with Crippen molar-refractivity contribution in [1.82, 2.24) is 5.32 Å². The first-order chi connectivity index (χ1) is 8.59. The van der Waals surface area contributed by atoms with Crippen LogP contribution in [0.4, 0.5) is 0 Å². The van der Waals surface area contributed by atoms with Crippen LogP contribution in [0.1, 0.15) is 31.4 Å². The van der Waals surface area contributed by atoms with E-state index in [2.05, 4.69) is 24.4 Å². The molecule has 18 heavy (non-hydrogen) atoms. The van der Waals surface area contributed by atoms with Crippen LogP contribution in [-0.2, 0) is 16.1 Å². The summed E-state index contributed by atoms with van der Waals surface area (Å²) in [6.45, 7) is 8.07. The molecular formula is C15H23NO2. The predicted octanol–water partition coefficient (Wildman–Crippen LogP) is 2.67. The lowest BCUT2D eigenvalue weighted by molar-refractivity contribution is -0.144. The van der Waals surface area contributed by atoms with E-state index in [1.165, 1.54) is 11.1 Å². The van der Waals surface area contributed by atoms with Crippen LogP contribution >= 0.6 is 0 Å². The highest BCUT2D eigenvalue weighted by Gasteiger charge is 2.05. The van der Waals surface area contributed by atoms with Crippen LogP contribution in [-0.4, -0.2) is 19.1 Å². The first-order valence-electron chi connectivity index (χ1n) is 6.50. The zero-order valence-corrected chi connectivity index (χ0v) is 11.5. The molecule has 3 heteroatoms. The van der Waals surface area contributed by atoms with Crippen LogP contribution in [0.5, 0.6) is 0 Å². The fraction of sp³-hybridized carbons (Fsp3) is 0.533. The number of nitrogens with one attached hydrogen (secondary N) is 1. The summed E-state index contributed by atoms with van der Waals surface area (Å²) in [6.07, 6.45) is 0.498. The van der Waals surface area contributed by atoms with Gasteiger partial charge in [0.2, 0.25) is 0 Å². The number of benzene rings is 1. The van der Waals surface area contributed by atoms with E-state index in [4.69, 9.17) is 4.74 Å². The number of carbonyl (C=O) groups excluding carboxylic acids is 1. The van der Waals surface area contributed by atoms with E-state index in [-0.39, 0.29) is 5.97 Å². The van der Waals surface area contributed by atoms with Crippen molar-refractivity contribution in [2.45, 2.75) is 33.7 Å². The van der Waals surface area contributed by atoms with Crippen molar-refractivity contribution in [3.8, 4) is 0 Å². The molecule has 0 amide bonds. The third-order valence-corrected chi connectivity index (χ3v) is 2.69. The molecule has 0 aliphatic heterocycles. The zero-order valence-electron chi connectivity index (χ0n) is 11.5. The van der Waals surface area contributed by atoms with E-state index < -0.39 is 0 Å². The highest BCUT2D eigenvalue weighted by atomic mass is 16.5. The van der Waals surface area contributed by atoms with Gasteiger partial charge in [0.1, 0.15) is 6.61 Å². The normalized spacial score (nSPS) is 10.7. The van der Waals surface area contributed by atoms with Crippen molar-refractivity contribution < 1.29 is 9.53 Å². The first kappa shape index (κ1) is 14.7. The van der Waals surface area contributed by atoms with Gasteiger partial charge in [-0.2, -0.15) is 0 Å². The minimum Gasteiger partial charge on any atom is -0.464 e. The second-order valence-electron chi connectivity index (χ2n) is 4.92. The number of hydrogen-bond acceptors (Lipinski definition) is 3. The Morgan fingerprint density at radius 3 is 2.72 bits per heavy atom. The Morgan fingerprint density at radius 2 is 2.06 bits per heavy atom. The first-order valence-corrected chi connectivity index (χ1v) is 6.50. The summed E-state index contributed by atoms with van der Waals surface area (Å²) in [5.74, 6) is 0.250. The van der Waals surface area contributed by atoms with E-state index in [9.17, 15) is 4.79 Å². The maximum Gasteiger partial charge on any atom is 0.306 e. The van der Waals surface area contributed by atoms with Crippen molar-refractivity contribution in [2.75, 3.05) is 13.2 Å². The SMILES string of the molecule is Cc1ccccc1CNCCOC(=O)CC(C)C. The number of ether oxygens (including phenoxy) is 1. The molecule has 100 valence electrons. The van der Waals surface area contributed by atoms with Crippen LogP contribution in [0.3, 0.4) is 0 Å². The lowest BCUT2D eigenvalue weighted by Gasteiger charge is -2.09. The molecule has 0 bridgehead atoms. The van der Waals surface area contributed by atoms with Crippen LogP contribution < -0.4 is 5.32 Å². The molecule has 0 aliphatic carbocycles. The smallest absolute Gasteiger partial charge is 0.306 e. The quantitative estimate of drug-likeness (QED) is 0.596. The highest BCUT2D eigenvalue weighted by Crippen LogP contribution is 2.05. The molecule has 1 aromatic carbocycles. The molecule has 0 saturated heterocycles. The van der Waals surface area contributed by atoms with Crippen molar-refractivity contribution in [1.29, 1.82) is 0 Å². The third kappa shape index (κ3) is 5.82. The van der Waals surface area contributed by atoms with E-state index in [0.717, 1.165) is 6.54 Å². The summed E-state index contributed by atoms with van der Waals surface area (Å²) in [6, 6.07) is 8.27. The minimum atomic E-state index is -0.109. The van der Waals surface area contributed by atoms with Gasteiger partial charge in [0.15, 0.2) is 0 Å². The van der Waals surface area contributed by atoms with Gasteiger partial charge in [0.25, 0.3) is 0 Å². The van der Waals surface area contributed by atoms with Crippen LogP contribution in [0.2, 0.25) is 0 Å². The molecule has 0 fully saturated rings. The Bertz CT molecular complexity index is 375. The predicted molar refractivity (Wildman–Crippen MR) is 73.3 cm³/mol. The largest absolute Gasteiger partial charge is 0.464 e. The molecule has 0 unspecified atom stereocenters. The zero-order chi connectivity index (χ0) is 13.4. The van der Waals surface area contributed by atoms with Gasteiger partial charge in [-0.3, -0.25) is 4.79 Å². The molecule has 0 aromatic heterocycles. The molecule has 3 nitrogen and oxygen atoms in total. The minimum absolute atomic E-state index is 0.109. The second kappa shape index (κ2) is 7.88. The molecule has 1 N–H and O–H groups in total. The molecule has 0 saturated carbocycles. The Balaban J connectivity index is 2.12. The molecule has 0 heterocycles. The average Bonchev–Trinajstić information content (AvgIpc) is 2.30. The lowest BCUT2D eigenvalue weighted by atomic mass is 10.1. The van der Waals surface area contributed by atoms with Gasteiger partial charge >= 0.3 is 5.97 Å². The molecule has 0 spiro atoms. The molecule has 1 aromatic rings. The number of aryl methyl sites for hydroxylation is 1. The summed E-state index contributed by atoms with van der Waals surface area (Å²) < 4.78 is 5.12. The number of carbonyl (C=O) groups is 1. The van der Waals surface area contributed by atoms with Crippen LogP contribution in [0, 0.1) is 12.8 Å². The number of esters is 1. The van der Waals surface area contributed by atoms with Gasteiger partial charge in [0.05, 0.1) is 0 Å². The molecule has 0 radical (unpaired) electrons. The van der Waals surface area contributed by atoms with Crippen molar-refractivity contribution in [3.63, 3.8) is 0 Å². The Hall–Kier alpha value is -1.35. The van der Waals surface area contributed by atoms with Gasteiger partial charge in [-0.05, 0) is 24.0 Å². The topological polar surface area (TPSA) is 38.3 Å². The molecule has 0 aliphatic rings. The van der Waals surface area contributed by atoms with Gasteiger partial charge in [-0.25, -0.2) is 0 Å². The fourth-order valence-electron chi connectivity index (χ4n) is 1.66. The van der Waals surface area contributed by atoms with Crippen LogP contribution in [0.25, 0.3) is 0 Å². The van der Waals surface area contributed by atoms with Crippen molar-refractivity contribution >= 4 is 5.97 Å². The lowest BCUT2D eigenvalue weighted by Crippen LogP contribution is -2.21. The van der Waals surface area contributed by atoms with Gasteiger partial charge in [0, 0.05) is 19.5 Å². The third-order valence-electron chi connectivity index (χ3n) is 2.69. The maximum absolute atomic E-state index is 11.3. The summed E-state index contributed by atoms with van der Waals surface area (Å²) in [5, 5.41) is 3.27. The summed E-state index contributed by atoms with van der Waals surface area (Å²) in [7, 11) is 0. The highest BCUT2D eigenvalue weighted by molar-refractivity contribution is 5.69. The standard InChI is InChI=1S/C15H23NO2/c1-12(2)10-15(17)18-9-8-16-11-14-7-5-4-6-13(14)3/h4-7,12,16H,8-11H2,1-3H3. The summed E-state index contributed by atoms with van der Waals surface area (Å²) in [5.41, 5.74) is 2.56. The Morgan fingerprint density at radius 1 is 1.33 bits per heavy atom. The maximum atomic E-state index is 11.3. The monoisotopic (exact) mass is 249 g/mol.